The number of ether oxygens (including phenoxy) is 1. The van der Waals surface area contributed by atoms with E-state index in [0.717, 1.165) is 15.6 Å². The van der Waals surface area contributed by atoms with Gasteiger partial charge in [-0.3, -0.25) is 9.59 Å². The maximum Gasteiger partial charge on any atom is 0.261 e. The van der Waals surface area contributed by atoms with Crippen LogP contribution in [0, 0.1) is 0 Å². The number of nitrogens with one attached hydrogen (secondary N) is 1. The molecule has 0 bridgehead atoms. The first-order chi connectivity index (χ1) is 17.3. The SMILES string of the molecule is CCNC(=O)[C@@H](Cc1ccccc1)N(Cc1cccc(Cl)c1)C(=O)COc1ccc(C(C)C)cc1Br. The van der Waals surface area contributed by atoms with Gasteiger partial charge in [-0.15, -0.1) is 0 Å². The Morgan fingerprint density at radius 2 is 1.72 bits per heavy atom. The van der Waals surface area contributed by atoms with E-state index in [9.17, 15) is 9.59 Å². The molecule has 1 N–H and O–H groups in total. The summed E-state index contributed by atoms with van der Waals surface area (Å²) in [5.41, 5.74) is 2.97. The van der Waals surface area contributed by atoms with Crippen molar-refractivity contribution in [3.63, 3.8) is 0 Å². The smallest absolute Gasteiger partial charge is 0.261 e. The molecule has 3 rings (SSSR count). The van der Waals surface area contributed by atoms with Gasteiger partial charge in [-0.05, 0) is 69.7 Å². The average molecular weight is 572 g/mol. The van der Waals surface area contributed by atoms with Gasteiger partial charge in [0.1, 0.15) is 11.8 Å². The molecule has 36 heavy (non-hydrogen) atoms. The molecule has 3 aromatic rings. The lowest BCUT2D eigenvalue weighted by Gasteiger charge is -2.31. The minimum atomic E-state index is -0.714. The van der Waals surface area contributed by atoms with Gasteiger partial charge in [-0.2, -0.15) is 0 Å². The van der Waals surface area contributed by atoms with Gasteiger partial charge in [0.05, 0.1) is 4.47 Å². The zero-order valence-corrected chi connectivity index (χ0v) is 23.2. The number of likely N-dealkylation sites (N-methyl/N-ethyl adjacent to an activating group) is 1. The van der Waals surface area contributed by atoms with Crippen molar-refractivity contribution in [2.45, 2.75) is 45.7 Å². The van der Waals surface area contributed by atoms with Crippen molar-refractivity contribution in [3.8, 4) is 5.75 Å². The van der Waals surface area contributed by atoms with Crippen LogP contribution in [0.5, 0.6) is 5.75 Å². The molecule has 1 atom stereocenters. The topological polar surface area (TPSA) is 58.6 Å². The van der Waals surface area contributed by atoms with Crippen LogP contribution in [0.2, 0.25) is 5.02 Å². The average Bonchev–Trinajstić information content (AvgIpc) is 2.86. The van der Waals surface area contributed by atoms with Crippen LogP contribution in [0.25, 0.3) is 0 Å². The lowest BCUT2D eigenvalue weighted by Crippen LogP contribution is -2.51. The normalized spacial score (nSPS) is 11.7. The number of halogens is 2. The van der Waals surface area contributed by atoms with Crippen LogP contribution in [-0.2, 0) is 22.6 Å². The van der Waals surface area contributed by atoms with E-state index < -0.39 is 6.04 Å². The van der Waals surface area contributed by atoms with Crippen LogP contribution in [-0.4, -0.2) is 35.9 Å². The van der Waals surface area contributed by atoms with Gasteiger partial charge in [-0.1, -0.05) is 74.0 Å². The van der Waals surface area contributed by atoms with Gasteiger partial charge in [0.2, 0.25) is 5.91 Å². The van der Waals surface area contributed by atoms with Gasteiger partial charge < -0.3 is 15.0 Å². The number of benzene rings is 3. The standard InChI is InChI=1S/C29H32BrClN2O3/c1-4-32-29(35)26(16-21-9-6-5-7-10-21)33(18-22-11-8-12-24(31)15-22)28(34)19-36-27-14-13-23(20(2)3)17-25(27)30/h5-15,17,20,26H,4,16,18-19H2,1-3H3,(H,32,35)/t26-/m1/s1. The first-order valence-corrected chi connectivity index (χ1v) is 13.2. The highest BCUT2D eigenvalue weighted by Crippen LogP contribution is 2.29. The molecule has 0 spiro atoms. The predicted octanol–water partition coefficient (Wildman–Crippen LogP) is 6.38. The maximum absolute atomic E-state index is 13.6. The quantitative estimate of drug-likeness (QED) is 0.291. The van der Waals surface area contributed by atoms with Crippen molar-refractivity contribution in [2.24, 2.45) is 0 Å². The zero-order valence-electron chi connectivity index (χ0n) is 20.8. The van der Waals surface area contributed by atoms with Crippen LogP contribution in [0.3, 0.4) is 0 Å². The van der Waals surface area contributed by atoms with E-state index in [-0.39, 0.29) is 25.0 Å². The third-order valence-corrected chi connectivity index (χ3v) is 6.69. The molecule has 0 unspecified atom stereocenters. The van der Waals surface area contributed by atoms with Crippen molar-refractivity contribution < 1.29 is 14.3 Å². The number of carbonyl (C=O) groups is 2. The molecule has 0 aliphatic rings. The van der Waals surface area contributed by atoms with E-state index in [0.29, 0.717) is 29.7 Å². The van der Waals surface area contributed by atoms with E-state index in [4.69, 9.17) is 16.3 Å². The summed E-state index contributed by atoms with van der Waals surface area (Å²) in [5, 5.41) is 3.46. The van der Waals surface area contributed by atoms with Crippen LogP contribution in [0.1, 0.15) is 43.4 Å². The Kier molecular flexibility index (Phi) is 10.4. The molecule has 2 amide bonds. The number of hydrogen-bond acceptors (Lipinski definition) is 3. The predicted molar refractivity (Wildman–Crippen MR) is 148 cm³/mol. The number of nitrogens with zero attached hydrogens (tertiary/aromatic N) is 1. The van der Waals surface area contributed by atoms with Crippen molar-refractivity contribution in [1.29, 1.82) is 0 Å². The Morgan fingerprint density at radius 3 is 2.36 bits per heavy atom. The van der Waals surface area contributed by atoms with Crippen LogP contribution >= 0.6 is 27.5 Å². The van der Waals surface area contributed by atoms with Gasteiger partial charge in [0.15, 0.2) is 6.61 Å². The van der Waals surface area contributed by atoms with Gasteiger partial charge in [0, 0.05) is 24.5 Å². The summed E-state index contributed by atoms with van der Waals surface area (Å²) in [6, 6.07) is 22.1. The molecule has 0 aliphatic carbocycles. The fourth-order valence-corrected chi connectivity index (χ4v) is 4.62. The first-order valence-electron chi connectivity index (χ1n) is 12.1. The van der Waals surface area contributed by atoms with Crippen molar-refractivity contribution in [2.75, 3.05) is 13.2 Å². The van der Waals surface area contributed by atoms with E-state index in [1.807, 2.05) is 67.6 Å². The second-order valence-corrected chi connectivity index (χ2v) is 10.2. The molecule has 7 heteroatoms. The Balaban J connectivity index is 1.88. The molecule has 0 radical (unpaired) electrons. The minimum absolute atomic E-state index is 0.203. The minimum Gasteiger partial charge on any atom is -0.483 e. The summed E-state index contributed by atoms with van der Waals surface area (Å²) in [5.74, 6) is 0.454. The number of hydrogen-bond donors (Lipinski definition) is 1. The summed E-state index contributed by atoms with van der Waals surface area (Å²) in [7, 11) is 0. The molecule has 0 saturated carbocycles. The van der Waals surface area contributed by atoms with Crippen LogP contribution < -0.4 is 10.1 Å². The lowest BCUT2D eigenvalue weighted by molar-refractivity contribution is -0.142. The van der Waals surface area contributed by atoms with Gasteiger partial charge in [0.25, 0.3) is 5.91 Å². The fraction of sp³-hybridized carbons (Fsp3) is 0.310. The lowest BCUT2D eigenvalue weighted by atomic mass is 10.0. The van der Waals surface area contributed by atoms with E-state index in [1.54, 1.807) is 17.0 Å². The highest BCUT2D eigenvalue weighted by molar-refractivity contribution is 9.10. The van der Waals surface area contributed by atoms with Crippen LogP contribution in [0.4, 0.5) is 0 Å². The van der Waals surface area contributed by atoms with E-state index in [1.165, 1.54) is 5.56 Å². The Hall–Kier alpha value is -2.83. The monoisotopic (exact) mass is 570 g/mol. The number of carbonyl (C=O) groups excluding carboxylic acids is 2. The summed E-state index contributed by atoms with van der Waals surface area (Å²) >= 11 is 9.76. The maximum atomic E-state index is 13.6. The van der Waals surface area contributed by atoms with E-state index >= 15 is 0 Å². The summed E-state index contributed by atoms with van der Waals surface area (Å²) in [6.45, 7) is 6.59. The highest BCUT2D eigenvalue weighted by atomic mass is 79.9. The molecule has 190 valence electrons. The summed E-state index contributed by atoms with van der Waals surface area (Å²) < 4.78 is 6.70. The molecular formula is C29H32BrClN2O3. The van der Waals surface area contributed by atoms with Crippen molar-refractivity contribution in [3.05, 3.63) is 99.0 Å². The van der Waals surface area contributed by atoms with Crippen molar-refractivity contribution in [1.82, 2.24) is 10.2 Å². The third-order valence-electron chi connectivity index (χ3n) is 5.84. The largest absolute Gasteiger partial charge is 0.483 e. The van der Waals surface area contributed by atoms with E-state index in [2.05, 4.69) is 35.1 Å². The number of rotatable bonds is 11. The second-order valence-electron chi connectivity index (χ2n) is 8.88. The fourth-order valence-electron chi connectivity index (χ4n) is 3.89. The molecule has 0 saturated heterocycles. The highest BCUT2D eigenvalue weighted by Gasteiger charge is 2.30. The Morgan fingerprint density at radius 1 is 1.00 bits per heavy atom. The Labute approximate surface area is 226 Å². The molecule has 0 aromatic heterocycles. The Bertz CT molecular complexity index is 1170. The summed E-state index contributed by atoms with van der Waals surface area (Å²) in [6.07, 6.45) is 0.381. The molecule has 0 heterocycles. The van der Waals surface area contributed by atoms with Gasteiger partial charge >= 0.3 is 0 Å². The molecule has 3 aromatic carbocycles. The zero-order chi connectivity index (χ0) is 26.1. The van der Waals surface area contributed by atoms with Crippen LogP contribution in [0.15, 0.2) is 77.3 Å². The molecule has 0 aliphatic heterocycles. The summed E-state index contributed by atoms with van der Waals surface area (Å²) in [4.78, 5) is 28.4. The molecule has 5 nitrogen and oxygen atoms in total. The first kappa shape index (κ1) is 27.8. The second kappa shape index (κ2) is 13.5. The van der Waals surface area contributed by atoms with Crippen molar-refractivity contribution >= 4 is 39.3 Å². The number of amides is 2. The molecular weight excluding hydrogens is 540 g/mol. The molecule has 0 fully saturated rings. The van der Waals surface area contributed by atoms with Gasteiger partial charge in [-0.25, -0.2) is 0 Å². The third kappa shape index (κ3) is 7.84.